The van der Waals surface area contributed by atoms with Crippen LogP contribution >= 0.6 is 0 Å². The van der Waals surface area contributed by atoms with Crippen LogP contribution in [-0.4, -0.2) is 24.3 Å². The molecule has 0 saturated heterocycles. The highest BCUT2D eigenvalue weighted by atomic mass is 19.1. The van der Waals surface area contributed by atoms with E-state index in [9.17, 15) is 18.4 Å². The molecule has 0 aliphatic heterocycles. The number of alkyl halides is 2. The van der Waals surface area contributed by atoms with Gasteiger partial charge in [-0.2, -0.15) is 0 Å². The van der Waals surface area contributed by atoms with Crippen molar-refractivity contribution in [2.45, 2.75) is 76.6 Å². The summed E-state index contributed by atoms with van der Waals surface area (Å²) >= 11 is 0. The maximum absolute atomic E-state index is 13.7. The Morgan fingerprint density at radius 1 is 0.667 bits per heavy atom. The zero-order valence-corrected chi connectivity index (χ0v) is 22.2. The molecule has 0 atom stereocenters. The van der Waals surface area contributed by atoms with Gasteiger partial charge < -0.3 is 14.2 Å². The predicted molar refractivity (Wildman–Crippen MR) is 145 cm³/mol. The molecule has 0 heterocycles. The van der Waals surface area contributed by atoms with Crippen molar-refractivity contribution in [1.29, 1.82) is 0 Å². The van der Waals surface area contributed by atoms with Crippen molar-refractivity contribution >= 4 is 11.9 Å². The minimum atomic E-state index is -0.871. The number of esters is 2. The van der Waals surface area contributed by atoms with Gasteiger partial charge in [-0.15, -0.1) is 13.2 Å². The zero-order chi connectivity index (χ0) is 27.9. The summed E-state index contributed by atoms with van der Waals surface area (Å²) < 4.78 is 44.5. The molecular formula is C32H36F2O5. The first kappa shape index (κ1) is 28.5. The monoisotopic (exact) mass is 538 g/mol. The summed E-state index contributed by atoms with van der Waals surface area (Å²) in [6.45, 7) is 7.51. The number of carbonyl (C=O) groups is 2. The summed E-state index contributed by atoms with van der Waals surface area (Å²) in [5.41, 5.74) is -1.47. The first-order valence-corrected chi connectivity index (χ1v) is 13.6. The minimum Gasteiger partial charge on any atom is -0.457 e. The summed E-state index contributed by atoms with van der Waals surface area (Å²) in [5.74, 6) is 1.12. The number of hydrogen-bond donors (Lipinski definition) is 0. The van der Waals surface area contributed by atoms with E-state index in [4.69, 9.17) is 14.2 Å². The number of ether oxygens (including phenoxy) is 3. The Kier molecular flexibility index (Phi) is 9.20. The van der Waals surface area contributed by atoms with Gasteiger partial charge in [0.15, 0.2) is 0 Å². The zero-order valence-electron chi connectivity index (χ0n) is 22.2. The van der Waals surface area contributed by atoms with Crippen LogP contribution in [-0.2, 0) is 9.59 Å². The second-order valence-electron chi connectivity index (χ2n) is 10.7. The molecule has 0 aromatic heterocycles. The average Bonchev–Trinajstić information content (AvgIpc) is 2.94. The molecule has 0 amide bonds. The van der Waals surface area contributed by atoms with E-state index in [1.54, 1.807) is 60.7 Å². The van der Waals surface area contributed by atoms with Crippen LogP contribution in [0.2, 0.25) is 0 Å². The Balaban J connectivity index is 1.33. The highest BCUT2D eigenvalue weighted by Crippen LogP contribution is 2.43. The van der Waals surface area contributed by atoms with E-state index in [1.165, 1.54) is 0 Å². The quantitative estimate of drug-likeness (QED) is 0.173. The minimum absolute atomic E-state index is 0.350. The lowest BCUT2D eigenvalue weighted by molar-refractivity contribution is -0.149. The molecule has 2 aliphatic carbocycles. The van der Waals surface area contributed by atoms with Crippen LogP contribution in [0.25, 0.3) is 0 Å². The van der Waals surface area contributed by atoms with Gasteiger partial charge in [0.25, 0.3) is 0 Å². The number of carbonyl (C=O) groups excluding carboxylic acids is 2. The van der Waals surface area contributed by atoms with Gasteiger partial charge in [-0.05, 0) is 113 Å². The lowest BCUT2D eigenvalue weighted by Gasteiger charge is -2.35. The first-order chi connectivity index (χ1) is 18.8. The second kappa shape index (κ2) is 12.6. The Labute approximate surface area is 228 Å². The van der Waals surface area contributed by atoms with E-state index < -0.39 is 23.2 Å². The van der Waals surface area contributed by atoms with Gasteiger partial charge in [0.2, 0.25) is 0 Å². The molecule has 2 aliphatic rings. The standard InChI is InChI=1S/C32H36F2O5/c1-3-17-31(19-13-23(33)14-20-31)29(35)38-27-9-5-25(6-10-27)37-26-7-11-28(12-8-26)39-30(36)32(18-4-2)21-15-24(34)16-22-32/h3-12,23-24H,1-2,13-22H2. The normalized spacial score (nSPS) is 26.7. The molecule has 0 spiro atoms. The van der Waals surface area contributed by atoms with E-state index in [0.717, 1.165) is 0 Å². The molecule has 0 N–H and O–H groups in total. The summed E-state index contributed by atoms with van der Waals surface area (Å²) in [4.78, 5) is 25.9. The predicted octanol–water partition coefficient (Wildman–Crippen LogP) is 8.24. The molecule has 7 heteroatoms. The molecule has 4 rings (SSSR count). The fourth-order valence-electron chi connectivity index (χ4n) is 5.52. The van der Waals surface area contributed by atoms with Crippen molar-refractivity contribution in [1.82, 2.24) is 0 Å². The van der Waals surface area contributed by atoms with Crippen LogP contribution in [0.4, 0.5) is 8.78 Å². The largest absolute Gasteiger partial charge is 0.457 e. The summed E-state index contributed by atoms with van der Waals surface area (Å²) in [6, 6.07) is 13.4. The van der Waals surface area contributed by atoms with E-state index in [2.05, 4.69) is 13.2 Å². The molecule has 2 saturated carbocycles. The average molecular weight is 539 g/mol. The Morgan fingerprint density at radius 2 is 0.974 bits per heavy atom. The number of allylic oxidation sites excluding steroid dienone is 2. The van der Waals surface area contributed by atoms with Gasteiger partial charge in [-0.25, -0.2) is 8.78 Å². The van der Waals surface area contributed by atoms with Crippen LogP contribution in [0.1, 0.15) is 64.2 Å². The van der Waals surface area contributed by atoms with Gasteiger partial charge in [0.05, 0.1) is 10.8 Å². The molecule has 208 valence electrons. The summed E-state index contributed by atoms with van der Waals surface area (Å²) in [6.07, 6.45) is 5.73. The van der Waals surface area contributed by atoms with Crippen molar-refractivity contribution in [2.75, 3.05) is 0 Å². The summed E-state index contributed by atoms with van der Waals surface area (Å²) in [7, 11) is 0. The van der Waals surface area contributed by atoms with E-state index in [0.29, 0.717) is 87.2 Å². The van der Waals surface area contributed by atoms with Gasteiger partial charge >= 0.3 is 11.9 Å². The fourth-order valence-corrected chi connectivity index (χ4v) is 5.52. The van der Waals surface area contributed by atoms with Gasteiger partial charge in [-0.3, -0.25) is 9.59 Å². The number of benzene rings is 2. The fraction of sp³-hybridized carbons (Fsp3) is 0.438. The van der Waals surface area contributed by atoms with Crippen molar-refractivity contribution in [3.8, 4) is 23.0 Å². The van der Waals surface area contributed by atoms with Crippen LogP contribution in [0, 0.1) is 10.8 Å². The second-order valence-corrected chi connectivity index (χ2v) is 10.7. The maximum Gasteiger partial charge on any atom is 0.317 e. The lowest BCUT2D eigenvalue weighted by atomic mass is 9.71. The summed E-state index contributed by atoms with van der Waals surface area (Å²) in [5, 5.41) is 0. The third-order valence-electron chi connectivity index (χ3n) is 7.98. The third kappa shape index (κ3) is 6.94. The highest BCUT2D eigenvalue weighted by Gasteiger charge is 2.43. The highest BCUT2D eigenvalue weighted by molar-refractivity contribution is 5.80. The molecular weight excluding hydrogens is 502 g/mol. The number of halogens is 2. The SMILES string of the molecule is C=CCC1(C(=O)Oc2ccc(Oc3ccc(OC(=O)C4(CC=C)CCC(F)CC4)cc3)cc2)CCC(F)CC1. The van der Waals surface area contributed by atoms with Gasteiger partial charge in [0.1, 0.15) is 35.3 Å². The Bertz CT molecular complexity index is 1050. The third-order valence-corrected chi connectivity index (χ3v) is 7.98. The van der Waals surface area contributed by atoms with Crippen LogP contribution < -0.4 is 14.2 Å². The van der Waals surface area contributed by atoms with E-state index in [-0.39, 0.29) is 11.9 Å². The van der Waals surface area contributed by atoms with E-state index >= 15 is 0 Å². The van der Waals surface area contributed by atoms with Crippen molar-refractivity contribution in [3.63, 3.8) is 0 Å². The molecule has 0 radical (unpaired) electrons. The van der Waals surface area contributed by atoms with Crippen molar-refractivity contribution in [2.24, 2.45) is 10.8 Å². The maximum atomic E-state index is 13.7. The first-order valence-electron chi connectivity index (χ1n) is 13.6. The Morgan fingerprint density at radius 3 is 1.28 bits per heavy atom. The lowest BCUT2D eigenvalue weighted by Crippen LogP contribution is -2.38. The topological polar surface area (TPSA) is 61.8 Å². The molecule has 5 nitrogen and oxygen atoms in total. The van der Waals surface area contributed by atoms with Gasteiger partial charge in [0, 0.05) is 0 Å². The van der Waals surface area contributed by atoms with Crippen molar-refractivity contribution in [3.05, 3.63) is 73.8 Å². The number of hydrogen-bond acceptors (Lipinski definition) is 5. The molecule has 0 bridgehead atoms. The Hall–Kier alpha value is -3.48. The molecule has 2 fully saturated rings. The van der Waals surface area contributed by atoms with E-state index in [1.807, 2.05) is 0 Å². The van der Waals surface area contributed by atoms with Gasteiger partial charge in [-0.1, -0.05) is 12.2 Å². The molecule has 39 heavy (non-hydrogen) atoms. The smallest absolute Gasteiger partial charge is 0.317 e. The van der Waals surface area contributed by atoms with Crippen LogP contribution in [0.15, 0.2) is 73.8 Å². The van der Waals surface area contributed by atoms with Crippen LogP contribution in [0.5, 0.6) is 23.0 Å². The molecule has 2 aromatic rings. The van der Waals surface area contributed by atoms with Crippen molar-refractivity contribution < 1.29 is 32.6 Å². The molecule has 2 aromatic carbocycles. The van der Waals surface area contributed by atoms with Crippen LogP contribution in [0.3, 0.4) is 0 Å². The number of rotatable bonds is 10. The molecule has 0 unspecified atom stereocenters.